The predicted molar refractivity (Wildman–Crippen MR) is 215 cm³/mol. The Hall–Kier alpha value is -1.59. The molecule has 1 rings (SSSR count). The van der Waals surface area contributed by atoms with E-state index < -0.39 is 43.4 Å². The van der Waals surface area contributed by atoms with Crippen LogP contribution in [0.1, 0.15) is 174 Å². The van der Waals surface area contributed by atoms with Crippen LogP contribution in [0.3, 0.4) is 0 Å². The summed E-state index contributed by atoms with van der Waals surface area (Å²) in [6, 6.07) is 0. The molecule has 6 unspecified atom stereocenters. The minimum Gasteiger partial charge on any atom is -0.457 e. The SMILES string of the molecule is CC/C=C\C/C=C\C/C=C\CCCCCCOCC(COC1OC(CO)C(O)C(O)C1O)OC(=O)CCCCCCCCCCCCCCCCCC. The van der Waals surface area contributed by atoms with Crippen LogP contribution >= 0.6 is 0 Å². The van der Waals surface area contributed by atoms with E-state index in [4.69, 9.17) is 18.9 Å². The average Bonchev–Trinajstić information content (AvgIpc) is 3.16. The molecule has 0 radical (unpaired) electrons. The molecule has 1 aliphatic heterocycles. The quantitative estimate of drug-likeness (QED) is 0.0281. The molecular formula is C44H80O9. The summed E-state index contributed by atoms with van der Waals surface area (Å²) in [6.07, 6.45) is 34.5. The van der Waals surface area contributed by atoms with Gasteiger partial charge in [0.1, 0.15) is 30.5 Å². The molecule has 0 saturated carbocycles. The first kappa shape index (κ1) is 49.4. The van der Waals surface area contributed by atoms with E-state index in [1.807, 2.05) is 0 Å². The molecule has 0 bridgehead atoms. The largest absolute Gasteiger partial charge is 0.457 e. The number of aliphatic hydroxyl groups is 4. The summed E-state index contributed by atoms with van der Waals surface area (Å²) < 4.78 is 22.8. The molecule has 0 aliphatic carbocycles. The van der Waals surface area contributed by atoms with Crippen molar-refractivity contribution in [3.05, 3.63) is 36.5 Å². The fourth-order valence-electron chi connectivity index (χ4n) is 6.45. The van der Waals surface area contributed by atoms with Gasteiger partial charge in [-0.15, -0.1) is 0 Å². The van der Waals surface area contributed by atoms with Crippen LogP contribution < -0.4 is 0 Å². The third kappa shape index (κ3) is 27.6. The molecule has 9 nitrogen and oxygen atoms in total. The highest BCUT2D eigenvalue weighted by Gasteiger charge is 2.44. The van der Waals surface area contributed by atoms with E-state index in [1.54, 1.807) is 0 Å². The molecule has 1 fully saturated rings. The number of carbonyl (C=O) groups is 1. The van der Waals surface area contributed by atoms with Gasteiger partial charge >= 0.3 is 5.97 Å². The second kappa shape index (κ2) is 36.1. The zero-order valence-electron chi connectivity index (χ0n) is 33.8. The molecule has 9 heteroatoms. The molecule has 0 spiro atoms. The molecule has 0 aromatic rings. The van der Waals surface area contributed by atoms with Gasteiger partial charge in [-0.25, -0.2) is 0 Å². The normalized spacial score (nSPS) is 21.4. The number of carbonyl (C=O) groups excluding carboxylic acids is 1. The van der Waals surface area contributed by atoms with E-state index in [0.717, 1.165) is 70.6 Å². The van der Waals surface area contributed by atoms with Gasteiger partial charge < -0.3 is 39.4 Å². The van der Waals surface area contributed by atoms with E-state index >= 15 is 0 Å². The van der Waals surface area contributed by atoms with E-state index in [2.05, 4.69) is 50.3 Å². The molecule has 4 N–H and O–H groups in total. The van der Waals surface area contributed by atoms with Crippen LogP contribution in [0.4, 0.5) is 0 Å². The third-order valence-corrected chi connectivity index (χ3v) is 9.82. The van der Waals surface area contributed by atoms with Gasteiger partial charge in [0, 0.05) is 13.0 Å². The summed E-state index contributed by atoms with van der Waals surface area (Å²) in [4.78, 5) is 12.8. The summed E-state index contributed by atoms with van der Waals surface area (Å²) in [5, 5.41) is 40.0. The van der Waals surface area contributed by atoms with Gasteiger partial charge in [0.25, 0.3) is 0 Å². The maximum Gasteiger partial charge on any atom is 0.306 e. The zero-order chi connectivity index (χ0) is 38.6. The van der Waals surface area contributed by atoms with E-state index in [0.29, 0.717) is 13.0 Å². The maximum absolute atomic E-state index is 12.8. The maximum atomic E-state index is 12.8. The Labute approximate surface area is 323 Å². The minimum absolute atomic E-state index is 0.121. The van der Waals surface area contributed by atoms with Gasteiger partial charge in [0.05, 0.1) is 19.8 Å². The molecule has 0 amide bonds. The summed E-state index contributed by atoms with van der Waals surface area (Å²) in [5.41, 5.74) is 0. The van der Waals surface area contributed by atoms with E-state index in [-0.39, 0.29) is 19.2 Å². The van der Waals surface area contributed by atoms with Crippen molar-refractivity contribution >= 4 is 5.97 Å². The van der Waals surface area contributed by atoms with Crippen LogP contribution in [0, 0.1) is 0 Å². The van der Waals surface area contributed by atoms with Crippen molar-refractivity contribution in [2.24, 2.45) is 0 Å². The number of rotatable bonds is 36. The summed E-state index contributed by atoms with van der Waals surface area (Å²) in [5.74, 6) is -0.321. The third-order valence-electron chi connectivity index (χ3n) is 9.82. The second-order valence-corrected chi connectivity index (χ2v) is 14.8. The number of esters is 1. The molecule has 1 aliphatic rings. The summed E-state index contributed by atoms with van der Waals surface area (Å²) >= 11 is 0. The van der Waals surface area contributed by atoms with Crippen molar-refractivity contribution in [3.8, 4) is 0 Å². The number of hydrogen-bond donors (Lipinski definition) is 4. The van der Waals surface area contributed by atoms with Crippen LogP contribution in [0.15, 0.2) is 36.5 Å². The van der Waals surface area contributed by atoms with Crippen LogP contribution in [-0.4, -0.2) is 89.6 Å². The average molecular weight is 753 g/mol. The number of hydrogen-bond acceptors (Lipinski definition) is 9. The van der Waals surface area contributed by atoms with Crippen LogP contribution in [0.25, 0.3) is 0 Å². The zero-order valence-corrected chi connectivity index (χ0v) is 33.8. The van der Waals surface area contributed by atoms with Crippen molar-refractivity contribution in [2.45, 2.75) is 211 Å². The van der Waals surface area contributed by atoms with Crippen LogP contribution in [-0.2, 0) is 23.7 Å². The lowest BCUT2D eigenvalue weighted by Gasteiger charge is -2.39. The Morgan fingerprint density at radius 1 is 0.623 bits per heavy atom. The van der Waals surface area contributed by atoms with Gasteiger partial charge in [0.15, 0.2) is 6.29 Å². The molecule has 1 saturated heterocycles. The Morgan fingerprint density at radius 2 is 1.15 bits per heavy atom. The van der Waals surface area contributed by atoms with Crippen LogP contribution in [0.5, 0.6) is 0 Å². The Morgan fingerprint density at radius 3 is 1.74 bits per heavy atom. The first-order chi connectivity index (χ1) is 25.9. The Balaban J connectivity index is 2.29. The van der Waals surface area contributed by atoms with E-state index in [1.165, 1.54) is 83.5 Å². The second-order valence-electron chi connectivity index (χ2n) is 14.8. The standard InChI is InChI=1S/C44H80O9/c1-3-5-7-9-11-13-15-17-19-20-21-23-25-27-29-31-33-40(46)52-38(37-51-44-43(49)42(48)41(47)39(35-45)53-44)36-50-34-32-30-28-26-24-22-18-16-14-12-10-8-6-4-2/h6,8,12,14,18,22,38-39,41-45,47-49H,3-5,7,9-11,13,15-17,19-21,23-37H2,1-2H3/b8-6-,14-12-,22-18-. The number of aliphatic hydroxyl groups excluding tert-OH is 4. The molecule has 0 aromatic carbocycles. The van der Waals surface area contributed by atoms with Gasteiger partial charge in [-0.05, 0) is 44.9 Å². The van der Waals surface area contributed by atoms with Crippen molar-refractivity contribution in [1.29, 1.82) is 0 Å². The lowest BCUT2D eigenvalue weighted by molar-refractivity contribution is -0.305. The first-order valence-corrected chi connectivity index (χ1v) is 21.6. The lowest BCUT2D eigenvalue weighted by Crippen LogP contribution is -2.59. The summed E-state index contributed by atoms with van der Waals surface area (Å²) in [6.45, 7) is 4.40. The topological polar surface area (TPSA) is 135 Å². The molecule has 6 atom stereocenters. The van der Waals surface area contributed by atoms with Crippen molar-refractivity contribution in [2.75, 3.05) is 26.4 Å². The Kier molecular flexibility index (Phi) is 33.6. The Bertz CT molecular complexity index is 905. The van der Waals surface area contributed by atoms with Crippen molar-refractivity contribution < 1.29 is 44.2 Å². The fourth-order valence-corrected chi connectivity index (χ4v) is 6.45. The number of unbranched alkanes of at least 4 members (excludes halogenated alkanes) is 19. The van der Waals surface area contributed by atoms with Gasteiger partial charge in [-0.2, -0.15) is 0 Å². The predicted octanol–water partition coefficient (Wildman–Crippen LogP) is 9.19. The van der Waals surface area contributed by atoms with Crippen molar-refractivity contribution in [3.63, 3.8) is 0 Å². The smallest absolute Gasteiger partial charge is 0.306 e. The molecule has 0 aromatic heterocycles. The van der Waals surface area contributed by atoms with Gasteiger partial charge in [0.2, 0.25) is 0 Å². The highest BCUT2D eigenvalue weighted by Crippen LogP contribution is 2.22. The highest BCUT2D eigenvalue weighted by molar-refractivity contribution is 5.69. The molecule has 53 heavy (non-hydrogen) atoms. The van der Waals surface area contributed by atoms with E-state index in [9.17, 15) is 25.2 Å². The lowest BCUT2D eigenvalue weighted by atomic mass is 9.99. The van der Waals surface area contributed by atoms with Gasteiger partial charge in [-0.1, -0.05) is 159 Å². The first-order valence-electron chi connectivity index (χ1n) is 21.6. The fraction of sp³-hybridized carbons (Fsp3) is 0.841. The minimum atomic E-state index is -1.54. The molecular weight excluding hydrogens is 672 g/mol. The van der Waals surface area contributed by atoms with Crippen molar-refractivity contribution in [1.82, 2.24) is 0 Å². The summed E-state index contributed by atoms with van der Waals surface area (Å²) in [7, 11) is 0. The van der Waals surface area contributed by atoms with Gasteiger partial charge in [-0.3, -0.25) is 4.79 Å². The van der Waals surface area contributed by atoms with Crippen LogP contribution in [0.2, 0.25) is 0 Å². The molecule has 1 heterocycles. The monoisotopic (exact) mass is 753 g/mol. The molecule has 310 valence electrons. The highest BCUT2D eigenvalue weighted by atomic mass is 16.7. The number of ether oxygens (including phenoxy) is 4. The number of allylic oxidation sites excluding steroid dienone is 6.